The van der Waals surface area contributed by atoms with E-state index in [2.05, 4.69) is 32.2 Å². The Hall–Kier alpha value is -2.84. The first-order chi connectivity index (χ1) is 13.2. The first-order valence-corrected chi connectivity index (χ1v) is 9.58. The van der Waals surface area contributed by atoms with Crippen LogP contribution in [0.2, 0.25) is 0 Å². The molecule has 0 bridgehead atoms. The van der Waals surface area contributed by atoms with Crippen LogP contribution >= 0.6 is 0 Å². The number of hydrogen-bond donors (Lipinski definition) is 1. The van der Waals surface area contributed by atoms with Crippen LogP contribution in [0.3, 0.4) is 0 Å². The van der Waals surface area contributed by atoms with Gasteiger partial charge in [-0.25, -0.2) is 9.78 Å². The molecule has 0 aliphatic carbocycles. The van der Waals surface area contributed by atoms with Gasteiger partial charge in [0, 0.05) is 39.1 Å². The molecule has 1 aliphatic rings. The normalized spacial score (nSPS) is 17.5. The van der Waals surface area contributed by atoms with Crippen molar-refractivity contribution in [2.75, 3.05) is 29.9 Å². The van der Waals surface area contributed by atoms with Gasteiger partial charge in [0.1, 0.15) is 11.4 Å². The van der Waals surface area contributed by atoms with Crippen LogP contribution in [-0.2, 0) is 11.8 Å². The van der Waals surface area contributed by atoms with E-state index >= 15 is 0 Å². The molecule has 0 aromatic carbocycles. The number of carbonyl (C=O) groups excluding carboxylic acids is 1. The molecule has 3 heterocycles. The predicted octanol–water partition coefficient (Wildman–Crippen LogP) is 2.79. The average Bonchev–Trinajstić information content (AvgIpc) is 3.04. The predicted molar refractivity (Wildman–Crippen MR) is 108 cm³/mol. The number of nitrogens with one attached hydrogen (secondary N) is 1. The molecule has 2 aromatic rings. The van der Waals surface area contributed by atoms with Crippen LogP contribution in [0.15, 0.2) is 24.7 Å². The summed E-state index contributed by atoms with van der Waals surface area (Å²) in [7, 11) is 1.86. The fraction of sp³-hybridized carbons (Fsp3) is 0.579. The number of piperazine rings is 1. The summed E-state index contributed by atoms with van der Waals surface area (Å²) >= 11 is 0. The van der Waals surface area contributed by atoms with Gasteiger partial charge in [0.05, 0.1) is 17.9 Å². The molecule has 0 saturated carbocycles. The van der Waals surface area contributed by atoms with Crippen molar-refractivity contribution >= 4 is 23.5 Å². The van der Waals surface area contributed by atoms with Crippen molar-refractivity contribution in [3.63, 3.8) is 0 Å². The van der Waals surface area contributed by atoms with E-state index in [1.165, 1.54) is 0 Å². The summed E-state index contributed by atoms with van der Waals surface area (Å²) in [5.41, 5.74) is 0.340. The van der Waals surface area contributed by atoms with Crippen LogP contribution in [0.5, 0.6) is 0 Å². The lowest BCUT2D eigenvalue weighted by atomic mass is 10.1. The zero-order valence-corrected chi connectivity index (χ0v) is 17.2. The first-order valence-electron chi connectivity index (χ1n) is 9.58. The fourth-order valence-electron chi connectivity index (χ4n) is 3.17. The molecule has 152 valence electrons. The number of anilines is 3. The van der Waals surface area contributed by atoms with Crippen molar-refractivity contribution in [2.24, 2.45) is 7.05 Å². The van der Waals surface area contributed by atoms with Gasteiger partial charge < -0.3 is 19.9 Å². The first kappa shape index (κ1) is 19.9. The van der Waals surface area contributed by atoms with Crippen molar-refractivity contribution in [3.05, 3.63) is 24.7 Å². The zero-order valence-electron chi connectivity index (χ0n) is 17.2. The van der Waals surface area contributed by atoms with E-state index in [1.54, 1.807) is 17.1 Å². The molecule has 28 heavy (non-hydrogen) atoms. The standard InChI is InChI=1S/C19H29N7O2/c1-6-15-13-25(9-10-26(15)18(27)28-19(2,3)4)16-7-8-20-17(23-16)22-14-11-21-24(5)12-14/h7-8,11-12,15H,6,9-10,13H2,1-5H3,(H,20,22,23)/t15-/m1/s1. The summed E-state index contributed by atoms with van der Waals surface area (Å²) in [6.07, 6.45) is 5.93. The molecule has 0 unspecified atom stereocenters. The molecule has 9 nitrogen and oxygen atoms in total. The van der Waals surface area contributed by atoms with Crippen molar-refractivity contribution in [2.45, 2.75) is 45.8 Å². The van der Waals surface area contributed by atoms with Crippen LogP contribution in [0.1, 0.15) is 34.1 Å². The van der Waals surface area contributed by atoms with Gasteiger partial charge in [0.15, 0.2) is 0 Å². The van der Waals surface area contributed by atoms with Crippen molar-refractivity contribution in [3.8, 4) is 0 Å². The molecule has 1 N–H and O–H groups in total. The lowest BCUT2D eigenvalue weighted by Gasteiger charge is -2.41. The molecule has 1 amide bonds. The molecule has 9 heteroatoms. The van der Waals surface area contributed by atoms with E-state index < -0.39 is 5.60 Å². The van der Waals surface area contributed by atoms with Crippen LogP contribution in [0.25, 0.3) is 0 Å². The molecule has 1 aliphatic heterocycles. The molecule has 3 rings (SSSR count). The minimum Gasteiger partial charge on any atom is -0.444 e. The summed E-state index contributed by atoms with van der Waals surface area (Å²) in [6.45, 7) is 9.75. The second kappa shape index (κ2) is 8.04. The molecule has 1 saturated heterocycles. The lowest BCUT2D eigenvalue weighted by Crippen LogP contribution is -2.56. The van der Waals surface area contributed by atoms with Crippen LogP contribution in [0, 0.1) is 0 Å². The zero-order chi connectivity index (χ0) is 20.3. The third-order valence-electron chi connectivity index (χ3n) is 4.51. The number of carbonyl (C=O) groups is 1. The Kier molecular flexibility index (Phi) is 5.71. The van der Waals surface area contributed by atoms with E-state index in [1.807, 2.05) is 45.0 Å². The number of ether oxygens (including phenoxy) is 1. The van der Waals surface area contributed by atoms with Gasteiger partial charge in [-0.05, 0) is 33.3 Å². The number of amides is 1. The number of rotatable bonds is 4. The minimum atomic E-state index is -0.494. The van der Waals surface area contributed by atoms with E-state index in [-0.39, 0.29) is 12.1 Å². The highest BCUT2D eigenvalue weighted by Crippen LogP contribution is 2.22. The second-order valence-electron chi connectivity index (χ2n) is 7.95. The molecular weight excluding hydrogens is 358 g/mol. The SMILES string of the molecule is CC[C@@H]1CN(c2ccnc(Nc3cnn(C)c3)n2)CCN1C(=O)OC(C)(C)C. The van der Waals surface area contributed by atoms with Crippen LogP contribution < -0.4 is 10.2 Å². The molecule has 2 aromatic heterocycles. The Morgan fingerprint density at radius 3 is 2.79 bits per heavy atom. The smallest absolute Gasteiger partial charge is 0.410 e. The Bertz CT molecular complexity index is 815. The Balaban J connectivity index is 1.68. The van der Waals surface area contributed by atoms with Crippen molar-refractivity contribution in [1.29, 1.82) is 0 Å². The number of hydrogen-bond acceptors (Lipinski definition) is 7. The van der Waals surface area contributed by atoms with Gasteiger partial charge in [-0.3, -0.25) is 4.68 Å². The van der Waals surface area contributed by atoms with E-state index in [9.17, 15) is 4.79 Å². The van der Waals surface area contributed by atoms with Gasteiger partial charge in [-0.2, -0.15) is 10.1 Å². The van der Waals surface area contributed by atoms with E-state index in [0.717, 1.165) is 17.9 Å². The van der Waals surface area contributed by atoms with Gasteiger partial charge in [0.25, 0.3) is 0 Å². The summed E-state index contributed by atoms with van der Waals surface area (Å²) in [6, 6.07) is 1.97. The summed E-state index contributed by atoms with van der Waals surface area (Å²) in [5, 5.41) is 7.30. The summed E-state index contributed by atoms with van der Waals surface area (Å²) in [4.78, 5) is 25.5. The highest BCUT2D eigenvalue weighted by atomic mass is 16.6. The Morgan fingerprint density at radius 2 is 2.14 bits per heavy atom. The van der Waals surface area contributed by atoms with Gasteiger partial charge in [-0.1, -0.05) is 6.92 Å². The quantitative estimate of drug-likeness (QED) is 0.863. The Morgan fingerprint density at radius 1 is 1.36 bits per heavy atom. The second-order valence-corrected chi connectivity index (χ2v) is 7.95. The maximum absolute atomic E-state index is 12.5. The minimum absolute atomic E-state index is 0.0771. The van der Waals surface area contributed by atoms with Gasteiger partial charge in [-0.15, -0.1) is 0 Å². The Labute approximate surface area is 165 Å². The molecule has 1 atom stereocenters. The third-order valence-corrected chi connectivity index (χ3v) is 4.51. The summed E-state index contributed by atoms with van der Waals surface area (Å²) < 4.78 is 7.28. The van der Waals surface area contributed by atoms with Gasteiger partial charge in [0.2, 0.25) is 5.95 Å². The number of nitrogens with zero attached hydrogens (tertiary/aromatic N) is 6. The average molecular weight is 387 g/mol. The van der Waals surface area contributed by atoms with E-state index in [0.29, 0.717) is 25.6 Å². The molecule has 0 radical (unpaired) electrons. The van der Waals surface area contributed by atoms with Crippen LogP contribution in [0.4, 0.5) is 22.2 Å². The third kappa shape index (κ3) is 4.90. The summed E-state index contributed by atoms with van der Waals surface area (Å²) in [5.74, 6) is 1.36. The molecular formula is C19H29N7O2. The van der Waals surface area contributed by atoms with E-state index in [4.69, 9.17) is 4.74 Å². The highest BCUT2D eigenvalue weighted by molar-refractivity contribution is 5.69. The molecule has 1 fully saturated rings. The van der Waals surface area contributed by atoms with Gasteiger partial charge >= 0.3 is 6.09 Å². The number of aromatic nitrogens is 4. The van der Waals surface area contributed by atoms with Crippen molar-refractivity contribution in [1.82, 2.24) is 24.6 Å². The fourth-order valence-corrected chi connectivity index (χ4v) is 3.17. The largest absolute Gasteiger partial charge is 0.444 e. The number of aryl methyl sites for hydroxylation is 1. The monoisotopic (exact) mass is 387 g/mol. The lowest BCUT2D eigenvalue weighted by molar-refractivity contribution is 0.0136. The maximum Gasteiger partial charge on any atom is 0.410 e. The van der Waals surface area contributed by atoms with Crippen molar-refractivity contribution < 1.29 is 9.53 Å². The maximum atomic E-state index is 12.5. The van der Waals surface area contributed by atoms with Crippen LogP contribution in [-0.4, -0.2) is 62.0 Å². The highest BCUT2D eigenvalue weighted by Gasteiger charge is 2.32. The topological polar surface area (TPSA) is 88.4 Å². The molecule has 0 spiro atoms.